The molecular formula is C12H28O3. The van der Waals surface area contributed by atoms with Gasteiger partial charge in [-0.05, 0) is 34.1 Å². The highest BCUT2D eigenvalue weighted by atomic mass is 16.5. The van der Waals surface area contributed by atoms with Crippen molar-refractivity contribution in [2.75, 3.05) is 13.2 Å². The van der Waals surface area contributed by atoms with Crippen LogP contribution in [0.3, 0.4) is 0 Å². The lowest BCUT2D eigenvalue weighted by Gasteiger charge is -2.19. The van der Waals surface area contributed by atoms with Crippen molar-refractivity contribution in [3.8, 4) is 0 Å². The second-order valence-electron chi connectivity index (χ2n) is 4.70. The Kier molecular flexibility index (Phi) is 12.0. The third-order valence-electron chi connectivity index (χ3n) is 1.55. The van der Waals surface area contributed by atoms with E-state index in [1.54, 1.807) is 0 Å². The van der Waals surface area contributed by atoms with Crippen molar-refractivity contribution >= 4 is 0 Å². The molecule has 0 saturated heterocycles. The van der Waals surface area contributed by atoms with Gasteiger partial charge in [0.15, 0.2) is 0 Å². The molecule has 0 aromatic carbocycles. The van der Waals surface area contributed by atoms with Crippen LogP contribution in [-0.2, 0) is 4.74 Å². The fourth-order valence-corrected chi connectivity index (χ4v) is 0.730. The number of aliphatic hydroxyl groups is 2. The lowest BCUT2D eigenvalue weighted by atomic mass is 10.2. The van der Waals surface area contributed by atoms with Crippen LogP contribution in [-0.4, -0.2) is 35.1 Å². The van der Waals surface area contributed by atoms with E-state index >= 15 is 0 Å². The maximum atomic E-state index is 8.11. The summed E-state index contributed by atoms with van der Waals surface area (Å²) in [6, 6.07) is 0. The largest absolute Gasteiger partial charge is 0.394 e. The summed E-state index contributed by atoms with van der Waals surface area (Å²) in [5.41, 5.74) is 0.0493. The van der Waals surface area contributed by atoms with Gasteiger partial charge in [-0.15, -0.1) is 0 Å². The Morgan fingerprint density at radius 2 is 1.67 bits per heavy atom. The molecular weight excluding hydrogens is 192 g/mol. The van der Waals surface area contributed by atoms with E-state index in [0.717, 1.165) is 6.61 Å². The molecule has 0 aromatic rings. The van der Waals surface area contributed by atoms with Crippen LogP contribution in [0.4, 0.5) is 0 Å². The van der Waals surface area contributed by atoms with Gasteiger partial charge in [0.05, 0.1) is 18.3 Å². The third-order valence-corrected chi connectivity index (χ3v) is 1.55. The van der Waals surface area contributed by atoms with Crippen molar-refractivity contribution in [2.45, 2.75) is 65.6 Å². The molecule has 0 aliphatic heterocycles. The summed E-state index contributed by atoms with van der Waals surface area (Å²) in [5, 5.41) is 16.0. The Morgan fingerprint density at radius 1 is 1.20 bits per heavy atom. The second-order valence-corrected chi connectivity index (χ2v) is 4.70. The molecule has 3 nitrogen and oxygen atoms in total. The molecule has 2 N–H and O–H groups in total. The van der Waals surface area contributed by atoms with Crippen molar-refractivity contribution < 1.29 is 14.9 Å². The Bertz CT molecular complexity index is 117. The van der Waals surface area contributed by atoms with Gasteiger partial charge >= 0.3 is 0 Å². The average Bonchev–Trinajstić information content (AvgIpc) is 2.12. The molecule has 15 heavy (non-hydrogen) atoms. The fraction of sp³-hybridized carbons (Fsp3) is 1.00. The minimum absolute atomic E-state index is 0.0493. The van der Waals surface area contributed by atoms with Crippen LogP contribution in [0.1, 0.15) is 53.9 Å². The van der Waals surface area contributed by atoms with Crippen LogP contribution in [0.15, 0.2) is 0 Å². The minimum Gasteiger partial charge on any atom is -0.394 e. The zero-order chi connectivity index (χ0) is 12.3. The smallest absolute Gasteiger partial charge is 0.0742 e. The Hall–Kier alpha value is -0.120. The van der Waals surface area contributed by atoms with Gasteiger partial charge in [-0.25, -0.2) is 0 Å². The summed E-state index contributed by atoms with van der Waals surface area (Å²) in [7, 11) is 0. The first-order chi connectivity index (χ1) is 6.83. The summed E-state index contributed by atoms with van der Waals surface area (Å²) >= 11 is 0. The van der Waals surface area contributed by atoms with Gasteiger partial charge in [-0.2, -0.15) is 0 Å². The molecule has 0 heterocycles. The summed E-state index contributed by atoms with van der Waals surface area (Å²) in [5.74, 6) is 0. The fourth-order valence-electron chi connectivity index (χ4n) is 0.730. The van der Waals surface area contributed by atoms with Crippen LogP contribution >= 0.6 is 0 Å². The average molecular weight is 220 g/mol. The van der Waals surface area contributed by atoms with E-state index in [1.165, 1.54) is 26.2 Å². The van der Waals surface area contributed by atoms with Crippen LogP contribution in [0.25, 0.3) is 0 Å². The maximum Gasteiger partial charge on any atom is 0.0742 e. The highest BCUT2D eigenvalue weighted by Gasteiger charge is 2.08. The normalized spacial score (nSPS) is 13.0. The van der Waals surface area contributed by atoms with Crippen molar-refractivity contribution in [3.05, 3.63) is 0 Å². The quantitative estimate of drug-likeness (QED) is 0.699. The van der Waals surface area contributed by atoms with Gasteiger partial charge in [-0.1, -0.05) is 19.8 Å². The van der Waals surface area contributed by atoms with Gasteiger partial charge in [0, 0.05) is 6.61 Å². The van der Waals surface area contributed by atoms with Crippen molar-refractivity contribution in [2.24, 2.45) is 0 Å². The van der Waals surface area contributed by atoms with Crippen molar-refractivity contribution in [1.29, 1.82) is 0 Å². The Morgan fingerprint density at radius 3 is 1.93 bits per heavy atom. The number of rotatable bonds is 5. The molecule has 0 aromatic heterocycles. The van der Waals surface area contributed by atoms with Crippen molar-refractivity contribution in [3.63, 3.8) is 0 Å². The molecule has 94 valence electrons. The molecule has 0 radical (unpaired) electrons. The molecule has 1 unspecified atom stereocenters. The van der Waals surface area contributed by atoms with E-state index in [-0.39, 0.29) is 12.2 Å². The SMILES string of the molecule is CC(O)CO.CCCCCOC(C)(C)C. The third kappa shape index (κ3) is 24.8. The van der Waals surface area contributed by atoms with E-state index in [9.17, 15) is 0 Å². The second kappa shape index (κ2) is 10.4. The maximum absolute atomic E-state index is 8.11. The number of ether oxygens (including phenoxy) is 1. The van der Waals surface area contributed by atoms with Crippen LogP contribution in [0.5, 0.6) is 0 Å². The van der Waals surface area contributed by atoms with Gasteiger partial charge in [0.25, 0.3) is 0 Å². The zero-order valence-electron chi connectivity index (χ0n) is 10.9. The first-order valence-corrected chi connectivity index (χ1v) is 5.76. The molecule has 3 heteroatoms. The first-order valence-electron chi connectivity index (χ1n) is 5.76. The monoisotopic (exact) mass is 220 g/mol. The summed E-state index contributed by atoms with van der Waals surface area (Å²) in [4.78, 5) is 0. The lowest BCUT2D eigenvalue weighted by Crippen LogP contribution is -2.19. The van der Waals surface area contributed by atoms with Crippen molar-refractivity contribution in [1.82, 2.24) is 0 Å². The predicted molar refractivity (Wildman–Crippen MR) is 64.0 cm³/mol. The molecule has 1 atom stereocenters. The summed E-state index contributed by atoms with van der Waals surface area (Å²) < 4.78 is 5.53. The van der Waals surface area contributed by atoms with Crippen LogP contribution in [0.2, 0.25) is 0 Å². The van der Waals surface area contributed by atoms with Gasteiger partial charge in [-0.3, -0.25) is 0 Å². The summed E-state index contributed by atoms with van der Waals surface area (Å²) in [6.07, 6.45) is 3.20. The zero-order valence-corrected chi connectivity index (χ0v) is 10.9. The van der Waals surface area contributed by atoms with Crippen LogP contribution in [0, 0.1) is 0 Å². The molecule has 0 spiro atoms. The van der Waals surface area contributed by atoms with E-state index in [1.807, 2.05) is 0 Å². The van der Waals surface area contributed by atoms with E-state index in [2.05, 4.69) is 27.7 Å². The van der Waals surface area contributed by atoms with E-state index < -0.39 is 6.10 Å². The number of hydrogen-bond donors (Lipinski definition) is 2. The van der Waals surface area contributed by atoms with Gasteiger partial charge in [0.1, 0.15) is 0 Å². The van der Waals surface area contributed by atoms with Crippen LogP contribution < -0.4 is 0 Å². The van der Waals surface area contributed by atoms with E-state index in [0.29, 0.717) is 0 Å². The van der Waals surface area contributed by atoms with Gasteiger partial charge in [0.2, 0.25) is 0 Å². The highest BCUT2D eigenvalue weighted by molar-refractivity contribution is 4.58. The Labute approximate surface area is 94.5 Å². The van der Waals surface area contributed by atoms with Gasteiger partial charge < -0.3 is 14.9 Å². The standard InChI is InChI=1S/C9H20O.C3H8O2/c1-5-6-7-8-10-9(2,3)4;1-3(5)2-4/h5-8H2,1-4H3;3-5H,2H2,1H3. The summed E-state index contributed by atoms with van der Waals surface area (Å²) in [6.45, 7) is 10.8. The molecule has 0 rings (SSSR count). The highest BCUT2D eigenvalue weighted by Crippen LogP contribution is 2.07. The van der Waals surface area contributed by atoms with E-state index in [4.69, 9.17) is 14.9 Å². The molecule has 0 aliphatic rings. The minimum atomic E-state index is -0.560. The number of aliphatic hydroxyl groups excluding tert-OH is 2. The molecule has 0 aliphatic carbocycles. The topological polar surface area (TPSA) is 49.7 Å². The molecule has 0 fully saturated rings. The number of hydrogen-bond acceptors (Lipinski definition) is 3. The number of unbranched alkanes of at least 4 members (excludes halogenated alkanes) is 2. The Balaban J connectivity index is 0. The predicted octanol–water partition coefficient (Wildman–Crippen LogP) is 2.35. The first kappa shape index (κ1) is 17.3. The lowest BCUT2D eigenvalue weighted by molar-refractivity contribution is -0.00460. The molecule has 0 amide bonds. The molecule has 0 bridgehead atoms. The molecule has 0 saturated carbocycles.